The first-order valence-electron chi connectivity index (χ1n) is 17.2. The molecule has 268 valence electrons. The SMILES string of the molecule is Cc1ccc(COc2ccc(Oc3c(C)cc(C(=CC=O)N4CCN(Cc5ccc(CCOc6ccc(Cl)c(Cl)c6)cc5)CC4)cc3Cl)nc2)cc1. The average Bonchev–Trinajstić information content (AvgIpc) is 3.15. The van der Waals surface area contributed by atoms with Gasteiger partial charge in [-0.3, -0.25) is 9.69 Å². The predicted molar refractivity (Wildman–Crippen MR) is 209 cm³/mol. The van der Waals surface area contributed by atoms with E-state index >= 15 is 0 Å². The van der Waals surface area contributed by atoms with E-state index in [2.05, 4.69) is 58.1 Å². The van der Waals surface area contributed by atoms with E-state index in [0.717, 1.165) is 67.8 Å². The van der Waals surface area contributed by atoms with Crippen molar-refractivity contribution in [2.75, 3.05) is 32.8 Å². The zero-order valence-corrected chi connectivity index (χ0v) is 31.4. The Morgan fingerprint density at radius 3 is 2.13 bits per heavy atom. The van der Waals surface area contributed by atoms with Gasteiger partial charge >= 0.3 is 0 Å². The van der Waals surface area contributed by atoms with Gasteiger partial charge in [-0.2, -0.15) is 0 Å². The third-order valence-electron chi connectivity index (χ3n) is 8.89. The lowest BCUT2D eigenvalue weighted by molar-refractivity contribution is -0.104. The number of aromatic nitrogens is 1. The first kappa shape index (κ1) is 37.2. The quantitative estimate of drug-likeness (QED) is 0.0826. The highest BCUT2D eigenvalue weighted by Gasteiger charge is 2.22. The summed E-state index contributed by atoms with van der Waals surface area (Å²) in [5.41, 5.74) is 7.29. The summed E-state index contributed by atoms with van der Waals surface area (Å²) >= 11 is 18.9. The Labute approximate surface area is 320 Å². The van der Waals surface area contributed by atoms with Crippen LogP contribution in [0.1, 0.15) is 33.4 Å². The molecule has 0 bridgehead atoms. The molecule has 1 saturated heterocycles. The molecule has 6 rings (SSSR count). The third-order valence-corrected chi connectivity index (χ3v) is 9.91. The van der Waals surface area contributed by atoms with Gasteiger partial charge in [0.2, 0.25) is 5.88 Å². The van der Waals surface area contributed by atoms with Crippen molar-refractivity contribution in [3.63, 3.8) is 0 Å². The number of carbonyl (C=O) groups excluding carboxylic acids is 1. The summed E-state index contributed by atoms with van der Waals surface area (Å²) in [4.78, 5) is 20.9. The van der Waals surface area contributed by atoms with Gasteiger partial charge in [-0.05, 0) is 72.0 Å². The van der Waals surface area contributed by atoms with Crippen molar-refractivity contribution in [2.45, 2.75) is 33.4 Å². The summed E-state index contributed by atoms with van der Waals surface area (Å²) in [5.74, 6) is 2.28. The van der Waals surface area contributed by atoms with Gasteiger partial charge in [-0.1, -0.05) is 88.9 Å². The molecule has 5 aromatic rings. The van der Waals surface area contributed by atoms with Crippen LogP contribution in [0.5, 0.6) is 23.1 Å². The minimum Gasteiger partial charge on any atom is -0.493 e. The number of ether oxygens (including phenoxy) is 3. The highest BCUT2D eigenvalue weighted by molar-refractivity contribution is 6.42. The van der Waals surface area contributed by atoms with Crippen LogP contribution in [0.2, 0.25) is 15.1 Å². The predicted octanol–water partition coefficient (Wildman–Crippen LogP) is 10.0. The number of hydrogen-bond acceptors (Lipinski definition) is 7. The Bertz CT molecular complexity index is 1970. The normalized spacial score (nSPS) is 13.6. The summed E-state index contributed by atoms with van der Waals surface area (Å²) in [6, 6.07) is 29.6. The zero-order chi connectivity index (χ0) is 36.5. The number of rotatable bonds is 14. The van der Waals surface area contributed by atoms with E-state index in [1.807, 2.05) is 43.3 Å². The number of benzene rings is 4. The maximum Gasteiger partial charge on any atom is 0.219 e. The van der Waals surface area contributed by atoms with Crippen molar-refractivity contribution in [3.8, 4) is 23.1 Å². The van der Waals surface area contributed by atoms with Crippen LogP contribution < -0.4 is 14.2 Å². The molecular weight excluding hydrogens is 717 g/mol. The average molecular weight is 757 g/mol. The molecule has 2 heterocycles. The van der Waals surface area contributed by atoms with E-state index in [-0.39, 0.29) is 0 Å². The van der Waals surface area contributed by atoms with Crippen molar-refractivity contribution in [1.29, 1.82) is 0 Å². The monoisotopic (exact) mass is 755 g/mol. The highest BCUT2D eigenvalue weighted by Crippen LogP contribution is 2.36. The van der Waals surface area contributed by atoms with E-state index in [4.69, 9.17) is 49.0 Å². The summed E-state index contributed by atoms with van der Waals surface area (Å²) in [7, 11) is 0. The first-order valence-corrected chi connectivity index (χ1v) is 18.3. The molecule has 0 atom stereocenters. The molecule has 0 spiro atoms. The van der Waals surface area contributed by atoms with Crippen LogP contribution in [0, 0.1) is 13.8 Å². The smallest absolute Gasteiger partial charge is 0.219 e. The van der Waals surface area contributed by atoms with Crippen molar-refractivity contribution >= 4 is 46.8 Å². The number of pyridine rings is 1. The van der Waals surface area contributed by atoms with Gasteiger partial charge in [0, 0.05) is 63.1 Å². The second-order valence-electron chi connectivity index (χ2n) is 12.8. The third kappa shape index (κ3) is 10.1. The van der Waals surface area contributed by atoms with E-state index in [1.165, 1.54) is 16.7 Å². The van der Waals surface area contributed by atoms with Crippen LogP contribution in [-0.4, -0.2) is 53.9 Å². The Hall–Kier alpha value is -4.53. The summed E-state index contributed by atoms with van der Waals surface area (Å²) in [5, 5.41) is 1.44. The van der Waals surface area contributed by atoms with Gasteiger partial charge in [0.1, 0.15) is 24.4 Å². The van der Waals surface area contributed by atoms with Crippen molar-refractivity contribution < 1.29 is 19.0 Å². The Morgan fingerprint density at radius 2 is 1.46 bits per heavy atom. The Balaban J connectivity index is 0.998. The van der Waals surface area contributed by atoms with E-state index < -0.39 is 0 Å². The van der Waals surface area contributed by atoms with E-state index in [1.54, 1.807) is 30.5 Å². The van der Waals surface area contributed by atoms with Crippen LogP contribution in [0.15, 0.2) is 103 Å². The second kappa shape index (κ2) is 17.8. The number of nitrogens with zero attached hydrogens (tertiary/aromatic N) is 3. The lowest BCUT2D eigenvalue weighted by Crippen LogP contribution is -2.45. The lowest BCUT2D eigenvalue weighted by atomic mass is 10.1. The summed E-state index contributed by atoms with van der Waals surface area (Å²) in [6.45, 7) is 9.13. The summed E-state index contributed by atoms with van der Waals surface area (Å²) < 4.78 is 17.8. The van der Waals surface area contributed by atoms with Crippen LogP contribution >= 0.6 is 34.8 Å². The molecule has 7 nitrogen and oxygen atoms in total. The minimum absolute atomic E-state index is 0.406. The fourth-order valence-corrected chi connectivity index (χ4v) is 6.59. The second-order valence-corrected chi connectivity index (χ2v) is 14.0. The molecule has 10 heteroatoms. The number of carbonyl (C=O) groups is 1. The standard InChI is InChI=1S/C42H40Cl3N3O4/c1-29-3-5-33(6-4-29)28-51-36-12-14-41(46-26-36)52-42-30(2)23-34(24-39(42)45)40(15-21-49)48-19-17-47(18-20-48)27-32-9-7-31(8-10-32)16-22-50-35-11-13-37(43)38(44)25-35/h3-15,21,23-26H,16-20,22,27-28H2,1-2H3. The van der Waals surface area contributed by atoms with E-state index in [9.17, 15) is 4.79 Å². The molecule has 1 aromatic heterocycles. The number of hydrogen-bond donors (Lipinski definition) is 0. The number of aryl methyl sites for hydroxylation is 2. The maximum atomic E-state index is 11.8. The highest BCUT2D eigenvalue weighted by atomic mass is 35.5. The van der Waals surface area contributed by atoms with Gasteiger partial charge in [0.25, 0.3) is 0 Å². The number of halogens is 3. The number of piperazine rings is 1. The van der Waals surface area contributed by atoms with Crippen molar-refractivity contribution in [2.24, 2.45) is 0 Å². The molecule has 0 saturated carbocycles. The maximum absolute atomic E-state index is 11.8. The molecule has 1 aliphatic rings. The molecule has 52 heavy (non-hydrogen) atoms. The lowest BCUT2D eigenvalue weighted by Gasteiger charge is -2.37. The van der Waals surface area contributed by atoms with Gasteiger partial charge in [-0.15, -0.1) is 0 Å². The number of allylic oxidation sites excluding steroid dienone is 1. The summed E-state index contributed by atoms with van der Waals surface area (Å²) in [6.07, 6.45) is 4.87. The van der Waals surface area contributed by atoms with Crippen molar-refractivity contribution in [1.82, 2.24) is 14.8 Å². The molecule has 0 N–H and O–H groups in total. The topological polar surface area (TPSA) is 64.1 Å². The van der Waals surface area contributed by atoms with Crippen molar-refractivity contribution in [3.05, 3.63) is 152 Å². The molecule has 0 radical (unpaired) electrons. The molecule has 0 aliphatic carbocycles. The van der Waals surface area contributed by atoms with Gasteiger partial charge in [-0.25, -0.2) is 4.98 Å². The molecule has 0 amide bonds. The molecule has 0 unspecified atom stereocenters. The van der Waals surface area contributed by atoms with Crippen LogP contribution in [0.25, 0.3) is 5.70 Å². The molecule has 1 fully saturated rings. The fraction of sp³-hybridized carbons (Fsp3) is 0.238. The Morgan fingerprint density at radius 1 is 0.750 bits per heavy atom. The minimum atomic E-state index is 0.406. The van der Waals surface area contributed by atoms with Gasteiger partial charge < -0.3 is 19.1 Å². The first-order chi connectivity index (χ1) is 25.2. The Kier molecular flexibility index (Phi) is 12.7. The van der Waals surface area contributed by atoms with Gasteiger partial charge in [0.05, 0.1) is 27.9 Å². The van der Waals surface area contributed by atoms with Crippen LogP contribution in [0.3, 0.4) is 0 Å². The zero-order valence-electron chi connectivity index (χ0n) is 29.2. The fourth-order valence-electron chi connectivity index (χ4n) is 5.99. The molecule has 4 aromatic carbocycles. The number of aldehydes is 1. The molecular formula is C42H40Cl3N3O4. The van der Waals surface area contributed by atoms with Crippen LogP contribution in [-0.2, 0) is 24.4 Å². The van der Waals surface area contributed by atoms with E-state index in [0.29, 0.717) is 51.4 Å². The molecule has 1 aliphatic heterocycles. The largest absolute Gasteiger partial charge is 0.493 e. The van der Waals surface area contributed by atoms with Crippen LogP contribution in [0.4, 0.5) is 0 Å². The van der Waals surface area contributed by atoms with Gasteiger partial charge in [0.15, 0.2) is 5.75 Å².